The van der Waals surface area contributed by atoms with Crippen LogP contribution in [0.5, 0.6) is 11.5 Å². The Morgan fingerprint density at radius 3 is 2.78 bits per heavy atom. The summed E-state index contributed by atoms with van der Waals surface area (Å²) in [5.41, 5.74) is 2.36. The summed E-state index contributed by atoms with van der Waals surface area (Å²) in [5.74, 6) is 1.42. The van der Waals surface area contributed by atoms with Gasteiger partial charge in [0.05, 0.1) is 18.4 Å². The fourth-order valence-corrected chi connectivity index (χ4v) is 2.30. The first-order valence-corrected chi connectivity index (χ1v) is 7.24. The lowest BCUT2D eigenvalue weighted by Gasteiger charge is -2.20. The van der Waals surface area contributed by atoms with Crippen LogP contribution in [-0.2, 0) is 11.3 Å². The van der Waals surface area contributed by atoms with Gasteiger partial charge in [0.1, 0.15) is 24.7 Å². The van der Waals surface area contributed by atoms with Crippen LogP contribution in [0.15, 0.2) is 54.2 Å². The molecular weight excluding hydrogens is 294 g/mol. The highest BCUT2D eigenvalue weighted by molar-refractivity contribution is 5.75. The van der Waals surface area contributed by atoms with Gasteiger partial charge in [0.25, 0.3) is 0 Å². The molecule has 1 amide bonds. The number of rotatable bonds is 4. The first-order chi connectivity index (χ1) is 11.3. The van der Waals surface area contributed by atoms with E-state index in [4.69, 9.17) is 14.2 Å². The molecule has 0 aromatic heterocycles. The third kappa shape index (κ3) is 3.63. The van der Waals surface area contributed by atoms with Gasteiger partial charge >= 0.3 is 6.09 Å². The van der Waals surface area contributed by atoms with E-state index in [1.165, 1.54) is 0 Å². The third-order valence-electron chi connectivity index (χ3n) is 3.42. The molecule has 5 nitrogen and oxygen atoms in total. The molecule has 0 fully saturated rings. The normalized spacial score (nSPS) is 12.5. The number of methoxy groups -OCH3 is 1. The summed E-state index contributed by atoms with van der Waals surface area (Å²) >= 11 is 0. The summed E-state index contributed by atoms with van der Waals surface area (Å²) in [7, 11) is 1.60. The Labute approximate surface area is 134 Å². The number of amides is 1. The zero-order chi connectivity index (χ0) is 16.1. The van der Waals surface area contributed by atoms with Crippen LogP contribution in [0, 0.1) is 0 Å². The smallest absolute Gasteiger partial charge is 0.411 e. The average molecular weight is 311 g/mol. The van der Waals surface area contributed by atoms with Crippen LogP contribution in [0.1, 0.15) is 11.1 Å². The van der Waals surface area contributed by atoms with Crippen LogP contribution in [-0.4, -0.2) is 19.8 Å². The molecule has 1 aliphatic heterocycles. The summed E-state index contributed by atoms with van der Waals surface area (Å²) in [6.45, 7) is 0.501. The van der Waals surface area contributed by atoms with Gasteiger partial charge in [0.2, 0.25) is 0 Å². The van der Waals surface area contributed by atoms with Crippen molar-refractivity contribution in [1.82, 2.24) is 5.32 Å². The van der Waals surface area contributed by atoms with E-state index < -0.39 is 6.09 Å². The van der Waals surface area contributed by atoms with Gasteiger partial charge in [0.15, 0.2) is 0 Å². The number of carbonyl (C=O) groups is 1. The lowest BCUT2D eigenvalue weighted by atomic mass is 10.1. The minimum atomic E-state index is -0.512. The minimum absolute atomic E-state index is 0.223. The fourth-order valence-electron chi connectivity index (χ4n) is 2.30. The van der Waals surface area contributed by atoms with Crippen LogP contribution in [0.25, 0.3) is 6.08 Å². The van der Waals surface area contributed by atoms with Crippen molar-refractivity contribution in [3.63, 3.8) is 0 Å². The molecule has 0 atom stereocenters. The molecule has 1 aliphatic rings. The SMILES string of the molecule is COc1cccc2c1C=C(NC(=O)OCc1ccccc1)CO2. The zero-order valence-corrected chi connectivity index (χ0v) is 12.7. The van der Waals surface area contributed by atoms with Gasteiger partial charge in [-0.1, -0.05) is 36.4 Å². The average Bonchev–Trinajstić information content (AvgIpc) is 2.60. The van der Waals surface area contributed by atoms with Crippen LogP contribution >= 0.6 is 0 Å². The van der Waals surface area contributed by atoms with Crippen molar-refractivity contribution >= 4 is 12.2 Å². The van der Waals surface area contributed by atoms with Crippen LogP contribution < -0.4 is 14.8 Å². The molecule has 0 spiro atoms. The molecule has 0 unspecified atom stereocenters. The monoisotopic (exact) mass is 311 g/mol. The summed E-state index contributed by atoms with van der Waals surface area (Å²) in [6.07, 6.45) is 1.32. The Hall–Kier alpha value is -2.95. The lowest BCUT2D eigenvalue weighted by molar-refractivity contribution is 0.141. The van der Waals surface area contributed by atoms with Crippen LogP contribution in [0.3, 0.4) is 0 Å². The van der Waals surface area contributed by atoms with Crippen molar-refractivity contribution in [3.05, 3.63) is 65.4 Å². The second-order valence-corrected chi connectivity index (χ2v) is 5.02. The highest BCUT2D eigenvalue weighted by Crippen LogP contribution is 2.33. The molecule has 3 rings (SSSR count). The first kappa shape index (κ1) is 15.0. The van der Waals surface area contributed by atoms with E-state index in [9.17, 15) is 4.79 Å². The van der Waals surface area contributed by atoms with E-state index in [1.54, 1.807) is 7.11 Å². The van der Waals surface area contributed by atoms with Crippen molar-refractivity contribution in [2.75, 3.05) is 13.7 Å². The van der Waals surface area contributed by atoms with E-state index in [-0.39, 0.29) is 13.2 Å². The highest BCUT2D eigenvalue weighted by atomic mass is 16.5. The Bertz CT molecular complexity index is 725. The number of fused-ring (bicyclic) bond motifs is 1. The quantitative estimate of drug-likeness (QED) is 0.940. The largest absolute Gasteiger partial charge is 0.496 e. The Balaban J connectivity index is 1.64. The van der Waals surface area contributed by atoms with E-state index >= 15 is 0 Å². The van der Waals surface area contributed by atoms with Crippen molar-refractivity contribution in [3.8, 4) is 11.5 Å². The molecule has 0 saturated heterocycles. The number of nitrogens with one attached hydrogen (secondary N) is 1. The number of hydrogen-bond donors (Lipinski definition) is 1. The van der Waals surface area contributed by atoms with Gasteiger partial charge in [0, 0.05) is 0 Å². The number of benzene rings is 2. The molecular formula is C18H17NO4. The first-order valence-electron chi connectivity index (χ1n) is 7.24. The summed E-state index contributed by atoms with van der Waals surface area (Å²) < 4.78 is 16.1. The number of carbonyl (C=O) groups excluding carboxylic acids is 1. The molecule has 23 heavy (non-hydrogen) atoms. The fraction of sp³-hybridized carbons (Fsp3) is 0.167. The van der Waals surface area contributed by atoms with Gasteiger partial charge in [-0.3, -0.25) is 5.32 Å². The maximum absolute atomic E-state index is 11.9. The summed E-state index contributed by atoms with van der Waals surface area (Å²) in [6, 6.07) is 15.1. The molecule has 0 radical (unpaired) electrons. The van der Waals surface area contributed by atoms with Crippen molar-refractivity contribution < 1.29 is 19.0 Å². The molecule has 118 valence electrons. The maximum Gasteiger partial charge on any atom is 0.411 e. The Morgan fingerprint density at radius 2 is 2.00 bits per heavy atom. The Morgan fingerprint density at radius 1 is 1.17 bits per heavy atom. The molecule has 2 aromatic rings. The topological polar surface area (TPSA) is 56.8 Å². The van der Waals surface area contributed by atoms with E-state index in [0.29, 0.717) is 11.4 Å². The third-order valence-corrected chi connectivity index (χ3v) is 3.42. The molecule has 1 heterocycles. The van der Waals surface area contributed by atoms with Gasteiger partial charge in [-0.15, -0.1) is 0 Å². The van der Waals surface area contributed by atoms with Crippen LogP contribution in [0.2, 0.25) is 0 Å². The number of alkyl carbamates (subject to hydrolysis) is 1. The maximum atomic E-state index is 11.9. The summed E-state index contributed by atoms with van der Waals surface area (Å²) in [4.78, 5) is 11.9. The minimum Gasteiger partial charge on any atom is -0.496 e. The van der Waals surface area contributed by atoms with Crippen molar-refractivity contribution in [2.45, 2.75) is 6.61 Å². The predicted molar refractivity (Wildman–Crippen MR) is 86.2 cm³/mol. The molecule has 0 bridgehead atoms. The lowest BCUT2D eigenvalue weighted by Crippen LogP contribution is -2.28. The predicted octanol–water partition coefficient (Wildman–Crippen LogP) is 3.35. The van der Waals surface area contributed by atoms with Gasteiger partial charge in [-0.2, -0.15) is 0 Å². The second-order valence-electron chi connectivity index (χ2n) is 5.02. The number of hydrogen-bond acceptors (Lipinski definition) is 4. The molecule has 1 N–H and O–H groups in total. The second kappa shape index (κ2) is 6.87. The highest BCUT2D eigenvalue weighted by Gasteiger charge is 2.17. The Kier molecular flexibility index (Phi) is 4.47. The van der Waals surface area contributed by atoms with E-state index in [0.717, 1.165) is 16.9 Å². The molecule has 0 aliphatic carbocycles. The summed E-state index contributed by atoms with van der Waals surface area (Å²) in [5, 5.41) is 2.70. The van der Waals surface area contributed by atoms with Gasteiger partial charge < -0.3 is 14.2 Å². The van der Waals surface area contributed by atoms with Gasteiger partial charge in [-0.25, -0.2) is 4.79 Å². The van der Waals surface area contributed by atoms with Gasteiger partial charge in [-0.05, 0) is 23.8 Å². The van der Waals surface area contributed by atoms with E-state index in [2.05, 4.69) is 5.32 Å². The molecule has 0 saturated carbocycles. The van der Waals surface area contributed by atoms with Crippen molar-refractivity contribution in [1.29, 1.82) is 0 Å². The standard InChI is InChI=1S/C18H17NO4/c1-21-16-8-5-9-17-15(16)10-14(12-22-17)19-18(20)23-11-13-6-3-2-4-7-13/h2-10H,11-12H2,1H3,(H,19,20). The molecule has 5 heteroatoms. The van der Waals surface area contributed by atoms with Crippen LogP contribution in [0.4, 0.5) is 4.79 Å². The number of ether oxygens (including phenoxy) is 3. The zero-order valence-electron chi connectivity index (χ0n) is 12.7. The van der Waals surface area contributed by atoms with E-state index in [1.807, 2.05) is 54.6 Å². The molecule has 2 aromatic carbocycles. The van der Waals surface area contributed by atoms with Crippen molar-refractivity contribution in [2.24, 2.45) is 0 Å².